The van der Waals surface area contributed by atoms with E-state index in [4.69, 9.17) is 4.74 Å². The van der Waals surface area contributed by atoms with E-state index in [2.05, 4.69) is 36.7 Å². The molecule has 1 heterocycles. The molecule has 0 spiro atoms. The molecule has 0 radical (unpaired) electrons. The van der Waals surface area contributed by atoms with Crippen molar-refractivity contribution in [2.24, 2.45) is 0 Å². The zero-order chi connectivity index (χ0) is 15.5. The number of nitrogens with zero attached hydrogens (tertiary/aromatic N) is 1. The third-order valence-electron chi connectivity index (χ3n) is 3.19. The zero-order valence-corrected chi connectivity index (χ0v) is 15.2. The van der Waals surface area contributed by atoms with Crippen LogP contribution in [0.4, 0.5) is 0 Å². The maximum atomic E-state index is 12.9. The van der Waals surface area contributed by atoms with Crippen molar-refractivity contribution in [2.45, 2.75) is 30.8 Å². The number of carbonyl (C=O) groups is 1. The number of halogens is 1. The van der Waals surface area contributed by atoms with Gasteiger partial charge in [0.15, 0.2) is 0 Å². The second-order valence-electron chi connectivity index (χ2n) is 6.10. The van der Waals surface area contributed by atoms with Crippen molar-refractivity contribution in [3.63, 3.8) is 0 Å². The summed E-state index contributed by atoms with van der Waals surface area (Å²) in [5.41, 5.74) is 1.06. The van der Waals surface area contributed by atoms with E-state index < -0.39 is 0 Å². The van der Waals surface area contributed by atoms with Crippen LogP contribution in [0.1, 0.15) is 31.6 Å². The monoisotopic (exact) mass is 371 g/mol. The molecule has 1 saturated heterocycles. The van der Waals surface area contributed by atoms with E-state index in [1.165, 1.54) is 0 Å². The maximum Gasteiger partial charge on any atom is 0.240 e. The van der Waals surface area contributed by atoms with E-state index in [9.17, 15) is 4.79 Å². The summed E-state index contributed by atoms with van der Waals surface area (Å²) >= 11 is 5.17. The Kier molecular flexibility index (Phi) is 5.74. The summed E-state index contributed by atoms with van der Waals surface area (Å²) in [7, 11) is 0. The number of hydrogen-bond acceptors (Lipinski definition) is 3. The molecule has 1 amide bonds. The number of hydrogen-bond donors (Lipinski definition) is 0. The number of benzene rings is 1. The standard InChI is InChI=1S/C16H22BrNO2S/c1-16(2,3)21-14(12-4-6-13(17)7-5-12)15(19)18-8-10-20-11-9-18/h4-7,14H,8-11H2,1-3H3/t14-/m1/s1. The lowest BCUT2D eigenvalue weighted by Crippen LogP contribution is -2.43. The summed E-state index contributed by atoms with van der Waals surface area (Å²) in [4.78, 5) is 14.8. The van der Waals surface area contributed by atoms with Gasteiger partial charge in [-0.05, 0) is 17.7 Å². The summed E-state index contributed by atoms with van der Waals surface area (Å²) in [6, 6.07) is 8.06. The molecule has 116 valence electrons. The Labute approximate surface area is 139 Å². The first-order valence-corrected chi connectivity index (χ1v) is 8.84. The van der Waals surface area contributed by atoms with Gasteiger partial charge in [0.2, 0.25) is 5.91 Å². The average Bonchev–Trinajstić information content (AvgIpc) is 2.45. The summed E-state index contributed by atoms with van der Waals surface area (Å²) in [6.45, 7) is 9.10. The number of amides is 1. The molecule has 0 saturated carbocycles. The lowest BCUT2D eigenvalue weighted by Gasteiger charge is -2.33. The van der Waals surface area contributed by atoms with Gasteiger partial charge in [-0.3, -0.25) is 4.79 Å². The smallest absolute Gasteiger partial charge is 0.240 e. The molecule has 1 aromatic carbocycles. The Morgan fingerprint density at radius 2 is 1.81 bits per heavy atom. The van der Waals surface area contributed by atoms with Crippen molar-refractivity contribution in [1.29, 1.82) is 0 Å². The van der Waals surface area contributed by atoms with Crippen molar-refractivity contribution in [3.05, 3.63) is 34.3 Å². The molecule has 2 rings (SSSR count). The van der Waals surface area contributed by atoms with Gasteiger partial charge in [0.25, 0.3) is 0 Å². The van der Waals surface area contributed by atoms with Crippen LogP contribution in [0.3, 0.4) is 0 Å². The third-order valence-corrected chi connectivity index (χ3v) is 5.14. The fourth-order valence-electron chi connectivity index (χ4n) is 2.20. The summed E-state index contributed by atoms with van der Waals surface area (Å²) in [5.74, 6) is 0.195. The zero-order valence-electron chi connectivity index (χ0n) is 12.8. The van der Waals surface area contributed by atoms with Crippen LogP contribution in [0.25, 0.3) is 0 Å². The largest absolute Gasteiger partial charge is 0.378 e. The Hall–Kier alpha value is -0.520. The van der Waals surface area contributed by atoms with Gasteiger partial charge in [-0.15, -0.1) is 11.8 Å². The first-order valence-electron chi connectivity index (χ1n) is 7.17. The lowest BCUT2D eigenvalue weighted by atomic mass is 10.1. The van der Waals surface area contributed by atoms with E-state index in [1.807, 2.05) is 29.2 Å². The third kappa shape index (κ3) is 5.01. The SMILES string of the molecule is CC(C)(C)S[C@@H](C(=O)N1CCOCC1)c1ccc(Br)cc1. The Morgan fingerprint density at radius 3 is 2.33 bits per heavy atom. The highest BCUT2D eigenvalue weighted by atomic mass is 79.9. The van der Waals surface area contributed by atoms with Gasteiger partial charge in [-0.2, -0.15) is 0 Å². The molecule has 1 aromatic rings. The van der Waals surface area contributed by atoms with E-state index in [0.717, 1.165) is 10.0 Å². The minimum Gasteiger partial charge on any atom is -0.378 e. The van der Waals surface area contributed by atoms with Crippen LogP contribution >= 0.6 is 27.7 Å². The van der Waals surface area contributed by atoms with Crippen molar-refractivity contribution in [1.82, 2.24) is 4.90 Å². The predicted octanol–water partition coefficient (Wildman–Crippen LogP) is 3.88. The molecule has 1 fully saturated rings. The lowest BCUT2D eigenvalue weighted by molar-refractivity contribution is -0.134. The fourth-order valence-corrected chi connectivity index (χ4v) is 3.72. The highest BCUT2D eigenvalue weighted by Gasteiger charge is 2.31. The molecule has 0 aromatic heterocycles. The molecule has 1 atom stereocenters. The number of rotatable bonds is 3. The van der Waals surface area contributed by atoms with Crippen molar-refractivity contribution in [3.8, 4) is 0 Å². The van der Waals surface area contributed by atoms with Crippen molar-refractivity contribution >= 4 is 33.6 Å². The Balaban J connectivity index is 2.22. The molecule has 5 heteroatoms. The topological polar surface area (TPSA) is 29.5 Å². The number of carbonyl (C=O) groups excluding carboxylic acids is 1. The van der Waals surface area contributed by atoms with Gasteiger partial charge in [0, 0.05) is 22.3 Å². The van der Waals surface area contributed by atoms with Gasteiger partial charge >= 0.3 is 0 Å². The average molecular weight is 372 g/mol. The Bertz CT molecular complexity index is 478. The van der Waals surface area contributed by atoms with Gasteiger partial charge in [0.05, 0.1) is 13.2 Å². The van der Waals surface area contributed by atoms with Crippen LogP contribution in [0, 0.1) is 0 Å². The molecule has 0 N–H and O–H groups in total. The second-order valence-corrected chi connectivity index (χ2v) is 8.95. The maximum absolute atomic E-state index is 12.9. The molecule has 1 aliphatic heterocycles. The molecular formula is C16H22BrNO2S. The van der Waals surface area contributed by atoms with Crippen LogP contribution in [0.2, 0.25) is 0 Å². The summed E-state index contributed by atoms with van der Waals surface area (Å²) in [5, 5.41) is -0.156. The van der Waals surface area contributed by atoms with E-state index >= 15 is 0 Å². The summed E-state index contributed by atoms with van der Waals surface area (Å²) < 4.78 is 6.40. The molecular weight excluding hydrogens is 350 g/mol. The van der Waals surface area contributed by atoms with Crippen molar-refractivity contribution < 1.29 is 9.53 Å². The molecule has 21 heavy (non-hydrogen) atoms. The number of morpholine rings is 1. The van der Waals surface area contributed by atoms with E-state index in [1.54, 1.807) is 11.8 Å². The van der Waals surface area contributed by atoms with E-state index in [-0.39, 0.29) is 15.9 Å². The predicted molar refractivity (Wildman–Crippen MR) is 91.6 cm³/mol. The quantitative estimate of drug-likeness (QED) is 0.807. The molecule has 0 unspecified atom stereocenters. The first kappa shape index (κ1) is 16.8. The first-order chi connectivity index (χ1) is 9.87. The minimum absolute atomic E-state index is 0.0275. The Morgan fingerprint density at radius 1 is 1.24 bits per heavy atom. The highest BCUT2D eigenvalue weighted by Crippen LogP contribution is 2.40. The van der Waals surface area contributed by atoms with Crippen LogP contribution in [-0.4, -0.2) is 41.9 Å². The van der Waals surface area contributed by atoms with Crippen LogP contribution in [0.15, 0.2) is 28.7 Å². The number of thioether (sulfide) groups is 1. The van der Waals surface area contributed by atoms with Gasteiger partial charge in [-0.1, -0.05) is 48.8 Å². The number of ether oxygens (including phenoxy) is 1. The molecule has 3 nitrogen and oxygen atoms in total. The minimum atomic E-state index is -0.156. The normalized spacial score (nSPS) is 17.6. The molecule has 1 aliphatic rings. The van der Waals surface area contributed by atoms with Crippen LogP contribution in [0.5, 0.6) is 0 Å². The highest BCUT2D eigenvalue weighted by molar-refractivity contribution is 9.10. The fraction of sp³-hybridized carbons (Fsp3) is 0.562. The second kappa shape index (κ2) is 7.16. The summed E-state index contributed by atoms with van der Waals surface area (Å²) in [6.07, 6.45) is 0. The molecule has 0 bridgehead atoms. The van der Waals surface area contributed by atoms with Crippen LogP contribution in [-0.2, 0) is 9.53 Å². The van der Waals surface area contributed by atoms with Gasteiger partial charge in [-0.25, -0.2) is 0 Å². The van der Waals surface area contributed by atoms with Crippen LogP contribution < -0.4 is 0 Å². The van der Waals surface area contributed by atoms with Gasteiger partial charge in [0.1, 0.15) is 5.25 Å². The van der Waals surface area contributed by atoms with Gasteiger partial charge < -0.3 is 9.64 Å². The molecule has 0 aliphatic carbocycles. The van der Waals surface area contributed by atoms with Crippen molar-refractivity contribution in [2.75, 3.05) is 26.3 Å². The van der Waals surface area contributed by atoms with E-state index in [0.29, 0.717) is 26.3 Å².